The summed E-state index contributed by atoms with van der Waals surface area (Å²) < 4.78 is 1.78. The number of halogens is 1. The standard InChI is InChI=1S/C16H21ClN2O2/c1-4-16(21,5-2)10-18-15(20)14-13(17)11-8-6-7-9-12(11)19(14)3/h6-9,21H,4-5,10H2,1-3H3,(H,18,20). The van der Waals surface area contributed by atoms with Crippen molar-refractivity contribution in [3.63, 3.8) is 0 Å². The topological polar surface area (TPSA) is 54.3 Å². The number of rotatable bonds is 5. The maximum absolute atomic E-state index is 12.4. The van der Waals surface area contributed by atoms with Gasteiger partial charge in [-0.2, -0.15) is 0 Å². The lowest BCUT2D eigenvalue weighted by Gasteiger charge is -2.25. The van der Waals surface area contributed by atoms with E-state index in [0.717, 1.165) is 10.9 Å². The Morgan fingerprint density at radius 2 is 1.95 bits per heavy atom. The number of fused-ring (bicyclic) bond motifs is 1. The predicted octanol–water partition coefficient (Wildman–Crippen LogP) is 3.11. The Kier molecular flexibility index (Phi) is 4.59. The van der Waals surface area contributed by atoms with Crippen molar-refractivity contribution in [3.05, 3.63) is 35.0 Å². The first-order valence-electron chi connectivity index (χ1n) is 7.17. The van der Waals surface area contributed by atoms with Gasteiger partial charge in [0.15, 0.2) is 0 Å². The van der Waals surface area contributed by atoms with E-state index in [1.165, 1.54) is 0 Å². The molecule has 0 radical (unpaired) electrons. The van der Waals surface area contributed by atoms with Gasteiger partial charge in [-0.1, -0.05) is 43.6 Å². The van der Waals surface area contributed by atoms with Crippen molar-refractivity contribution in [3.8, 4) is 0 Å². The molecule has 0 aliphatic rings. The van der Waals surface area contributed by atoms with Crippen molar-refractivity contribution in [2.75, 3.05) is 6.54 Å². The molecule has 0 spiro atoms. The van der Waals surface area contributed by atoms with Gasteiger partial charge in [0.05, 0.1) is 10.6 Å². The van der Waals surface area contributed by atoms with Crippen LogP contribution in [0.25, 0.3) is 10.9 Å². The molecule has 1 heterocycles. The second-order valence-corrected chi connectivity index (χ2v) is 5.73. The van der Waals surface area contributed by atoms with E-state index in [4.69, 9.17) is 11.6 Å². The third-order valence-electron chi connectivity index (χ3n) is 4.15. The summed E-state index contributed by atoms with van der Waals surface area (Å²) in [5, 5.41) is 14.3. The van der Waals surface area contributed by atoms with E-state index in [-0.39, 0.29) is 12.5 Å². The van der Waals surface area contributed by atoms with Crippen LogP contribution in [-0.4, -0.2) is 27.7 Å². The van der Waals surface area contributed by atoms with E-state index in [1.807, 2.05) is 45.2 Å². The molecule has 1 aromatic carbocycles. The number of amides is 1. The molecule has 0 atom stereocenters. The SMILES string of the molecule is CCC(O)(CC)CNC(=O)c1c(Cl)c2ccccc2n1C. The predicted molar refractivity (Wildman–Crippen MR) is 85.8 cm³/mol. The van der Waals surface area contributed by atoms with Gasteiger partial charge in [-0.05, 0) is 18.9 Å². The van der Waals surface area contributed by atoms with Crippen molar-refractivity contribution < 1.29 is 9.90 Å². The maximum Gasteiger partial charge on any atom is 0.269 e. The number of benzene rings is 1. The molecular formula is C16H21ClN2O2. The summed E-state index contributed by atoms with van der Waals surface area (Å²) in [7, 11) is 1.81. The fourth-order valence-electron chi connectivity index (χ4n) is 2.43. The molecule has 0 saturated heterocycles. The average molecular weight is 309 g/mol. The van der Waals surface area contributed by atoms with E-state index >= 15 is 0 Å². The average Bonchev–Trinajstić information content (AvgIpc) is 2.77. The lowest BCUT2D eigenvalue weighted by atomic mass is 9.97. The number of aliphatic hydroxyl groups is 1. The van der Waals surface area contributed by atoms with Gasteiger partial charge >= 0.3 is 0 Å². The minimum Gasteiger partial charge on any atom is -0.388 e. The van der Waals surface area contributed by atoms with Gasteiger partial charge in [0.2, 0.25) is 0 Å². The van der Waals surface area contributed by atoms with Crippen LogP contribution in [0.1, 0.15) is 37.2 Å². The highest BCUT2D eigenvalue weighted by molar-refractivity contribution is 6.38. The molecule has 2 N–H and O–H groups in total. The Morgan fingerprint density at radius 3 is 2.52 bits per heavy atom. The lowest BCUT2D eigenvalue weighted by Crippen LogP contribution is -2.42. The molecule has 1 aromatic heterocycles. The van der Waals surface area contributed by atoms with Crippen LogP contribution in [0.3, 0.4) is 0 Å². The van der Waals surface area contributed by atoms with E-state index in [9.17, 15) is 9.90 Å². The first-order valence-corrected chi connectivity index (χ1v) is 7.54. The number of nitrogens with one attached hydrogen (secondary N) is 1. The fraction of sp³-hybridized carbons (Fsp3) is 0.438. The molecule has 2 aromatic rings. The monoisotopic (exact) mass is 308 g/mol. The van der Waals surface area contributed by atoms with Crippen LogP contribution in [0, 0.1) is 0 Å². The Labute approximate surface area is 129 Å². The molecule has 0 unspecified atom stereocenters. The fourth-order valence-corrected chi connectivity index (χ4v) is 2.80. The molecule has 4 nitrogen and oxygen atoms in total. The zero-order valence-electron chi connectivity index (χ0n) is 12.6. The van der Waals surface area contributed by atoms with Crippen molar-refractivity contribution >= 4 is 28.4 Å². The number of hydrogen-bond donors (Lipinski definition) is 2. The van der Waals surface area contributed by atoms with Crippen LogP contribution in [-0.2, 0) is 7.05 Å². The first-order chi connectivity index (χ1) is 9.93. The summed E-state index contributed by atoms with van der Waals surface area (Å²) in [4.78, 5) is 12.4. The van der Waals surface area contributed by atoms with Crippen molar-refractivity contribution in [1.82, 2.24) is 9.88 Å². The van der Waals surface area contributed by atoms with Gasteiger partial charge < -0.3 is 15.0 Å². The van der Waals surface area contributed by atoms with E-state index in [2.05, 4.69) is 5.32 Å². The minimum atomic E-state index is -0.868. The number of aryl methyl sites for hydroxylation is 1. The van der Waals surface area contributed by atoms with E-state index in [1.54, 1.807) is 4.57 Å². The first kappa shape index (κ1) is 15.9. The van der Waals surface area contributed by atoms with Gasteiger partial charge in [0, 0.05) is 24.5 Å². The second kappa shape index (κ2) is 6.08. The third kappa shape index (κ3) is 2.92. The number of hydrogen-bond acceptors (Lipinski definition) is 2. The molecular weight excluding hydrogens is 288 g/mol. The molecule has 0 saturated carbocycles. The van der Waals surface area contributed by atoms with Crippen LogP contribution in [0.5, 0.6) is 0 Å². The van der Waals surface area contributed by atoms with Crippen LogP contribution < -0.4 is 5.32 Å². The van der Waals surface area contributed by atoms with Gasteiger partial charge in [-0.3, -0.25) is 4.79 Å². The number of para-hydroxylation sites is 1. The van der Waals surface area contributed by atoms with Crippen molar-refractivity contribution in [1.29, 1.82) is 0 Å². The summed E-state index contributed by atoms with van der Waals surface area (Å²) in [6.45, 7) is 4.02. The van der Waals surface area contributed by atoms with Crippen molar-refractivity contribution in [2.45, 2.75) is 32.3 Å². The number of aromatic nitrogens is 1. The highest BCUT2D eigenvalue weighted by Gasteiger charge is 2.25. The van der Waals surface area contributed by atoms with Gasteiger partial charge in [-0.15, -0.1) is 0 Å². The minimum absolute atomic E-state index is 0.219. The molecule has 1 amide bonds. The second-order valence-electron chi connectivity index (χ2n) is 5.35. The summed E-state index contributed by atoms with van der Waals surface area (Å²) in [6.07, 6.45) is 1.18. The number of nitrogens with zero attached hydrogens (tertiary/aromatic N) is 1. The molecule has 0 aliphatic heterocycles. The van der Waals surface area contributed by atoms with Crippen LogP contribution in [0.2, 0.25) is 5.02 Å². The van der Waals surface area contributed by atoms with Crippen LogP contribution >= 0.6 is 11.6 Å². The molecule has 114 valence electrons. The molecule has 2 rings (SSSR count). The summed E-state index contributed by atoms with van der Waals surface area (Å²) in [5.41, 5.74) is 0.466. The molecule has 0 fully saturated rings. The molecule has 0 aliphatic carbocycles. The Morgan fingerprint density at radius 1 is 1.33 bits per heavy atom. The van der Waals surface area contributed by atoms with Crippen molar-refractivity contribution in [2.24, 2.45) is 7.05 Å². The maximum atomic E-state index is 12.4. The summed E-state index contributed by atoms with van der Waals surface area (Å²) in [5.74, 6) is -0.265. The number of carbonyl (C=O) groups is 1. The van der Waals surface area contributed by atoms with E-state index in [0.29, 0.717) is 23.6 Å². The summed E-state index contributed by atoms with van der Waals surface area (Å²) >= 11 is 6.33. The van der Waals surface area contributed by atoms with Crippen LogP contribution in [0.15, 0.2) is 24.3 Å². The Hall–Kier alpha value is -1.52. The smallest absolute Gasteiger partial charge is 0.269 e. The Bertz CT molecular complexity index is 621. The Balaban J connectivity index is 2.28. The summed E-state index contributed by atoms with van der Waals surface area (Å²) in [6, 6.07) is 7.62. The van der Waals surface area contributed by atoms with Gasteiger partial charge in [0.25, 0.3) is 5.91 Å². The highest BCUT2D eigenvalue weighted by Crippen LogP contribution is 2.29. The molecule has 5 heteroatoms. The van der Waals surface area contributed by atoms with Crippen LogP contribution in [0.4, 0.5) is 0 Å². The molecule has 21 heavy (non-hydrogen) atoms. The van der Waals surface area contributed by atoms with E-state index < -0.39 is 5.60 Å². The zero-order valence-corrected chi connectivity index (χ0v) is 13.4. The zero-order chi connectivity index (χ0) is 15.6. The highest BCUT2D eigenvalue weighted by atomic mass is 35.5. The largest absolute Gasteiger partial charge is 0.388 e. The lowest BCUT2D eigenvalue weighted by molar-refractivity contribution is 0.0313. The quantitative estimate of drug-likeness (QED) is 0.891. The molecule has 0 bridgehead atoms. The van der Waals surface area contributed by atoms with Gasteiger partial charge in [-0.25, -0.2) is 0 Å². The normalized spacial score (nSPS) is 11.9. The van der Waals surface area contributed by atoms with Gasteiger partial charge in [0.1, 0.15) is 5.69 Å². The number of carbonyl (C=O) groups excluding carboxylic acids is 1. The third-order valence-corrected chi connectivity index (χ3v) is 4.54.